The molecule has 1 unspecified atom stereocenters. The first-order valence-electron chi connectivity index (χ1n) is 7.79. The molecule has 2 aromatic rings. The van der Waals surface area contributed by atoms with Gasteiger partial charge in [0.15, 0.2) is 0 Å². The third-order valence-electron chi connectivity index (χ3n) is 4.21. The van der Waals surface area contributed by atoms with Crippen LogP contribution in [-0.2, 0) is 4.79 Å². The number of fused-ring (bicyclic) bond motifs is 3. The molecule has 1 aliphatic carbocycles. The van der Waals surface area contributed by atoms with Crippen LogP contribution < -0.4 is 4.74 Å². The summed E-state index contributed by atoms with van der Waals surface area (Å²) < 4.78 is 5.81. The van der Waals surface area contributed by atoms with Crippen LogP contribution in [0.4, 0.5) is 0 Å². The van der Waals surface area contributed by atoms with Crippen LogP contribution in [-0.4, -0.2) is 43.2 Å². The van der Waals surface area contributed by atoms with Crippen LogP contribution in [0.5, 0.6) is 5.75 Å². The van der Waals surface area contributed by atoms with Gasteiger partial charge in [0.1, 0.15) is 12.4 Å². The minimum Gasteiger partial charge on any atom is -0.492 e. The molecule has 23 heavy (non-hydrogen) atoms. The standard InChI is InChI=1S/C19H21NO3/c1-20(2)9-10-23-13-7-8-16-14-5-3-4-6-15(14)18(12-19(21)22)17(16)11-13/h3-8,11,18H,9-10,12H2,1-2H3,(H,21,22). The van der Waals surface area contributed by atoms with Crippen molar-refractivity contribution in [3.8, 4) is 16.9 Å². The van der Waals surface area contributed by atoms with E-state index in [1.165, 1.54) is 0 Å². The fraction of sp³-hybridized carbons (Fsp3) is 0.316. The third kappa shape index (κ3) is 3.22. The number of ether oxygens (including phenoxy) is 1. The van der Waals surface area contributed by atoms with E-state index >= 15 is 0 Å². The Balaban J connectivity index is 1.91. The van der Waals surface area contributed by atoms with Crippen molar-refractivity contribution in [1.29, 1.82) is 0 Å². The zero-order valence-electron chi connectivity index (χ0n) is 13.5. The van der Waals surface area contributed by atoms with Crippen molar-refractivity contribution in [3.05, 3.63) is 53.6 Å². The van der Waals surface area contributed by atoms with Crippen molar-refractivity contribution in [3.63, 3.8) is 0 Å². The van der Waals surface area contributed by atoms with E-state index in [2.05, 4.69) is 11.0 Å². The number of carboxylic acids is 1. The highest BCUT2D eigenvalue weighted by Gasteiger charge is 2.30. The van der Waals surface area contributed by atoms with Gasteiger partial charge >= 0.3 is 5.97 Å². The maximum atomic E-state index is 11.3. The summed E-state index contributed by atoms with van der Waals surface area (Å²) >= 11 is 0. The lowest BCUT2D eigenvalue weighted by Gasteiger charge is -2.14. The normalized spacial score (nSPS) is 15.3. The van der Waals surface area contributed by atoms with Crippen molar-refractivity contribution in [2.45, 2.75) is 12.3 Å². The highest BCUT2D eigenvalue weighted by Crippen LogP contribution is 2.47. The van der Waals surface area contributed by atoms with Crippen LogP contribution in [0.3, 0.4) is 0 Å². The van der Waals surface area contributed by atoms with Gasteiger partial charge in [0.2, 0.25) is 0 Å². The maximum Gasteiger partial charge on any atom is 0.304 e. The lowest BCUT2D eigenvalue weighted by atomic mass is 9.93. The average Bonchev–Trinajstić information content (AvgIpc) is 2.81. The molecule has 4 heteroatoms. The zero-order valence-corrected chi connectivity index (χ0v) is 13.5. The topological polar surface area (TPSA) is 49.8 Å². The number of carbonyl (C=O) groups is 1. The smallest absolute Gasteiger partial charge is 0.304 e. The predicted molar refractivity (Wildman–Crippen MR) is 90.0 cm³/mol. The Morgan fingerprint density at radius 2 is 1.87 bits per heavy atom. The summed E-state index contributed by atoms with van der Waals surface area (Å²) in [5.41, 5.74) is 4.40. The van der Waals surface area contributed by atoms with Gasteiger partial charge in [-0.1, -0.05) is 30.3 Å². The van der Waals surface area contributed by atoms with E-state index in [0.29, 0.717) is 6.61 Å². The van der Waals surface area contributed by atoms with E-state index in [4.69, 9.17) is 4.74 Å². The Morgan fingerprint density at radius 1 is 1.13 bits per heavy atom. The van der Waals surface area contributed by atoms with E-state index in [0.717, 1.165) is 34.5 Å². The number of rotatable bonds is 6. The highest BCUT2D eigenvalue weighted by atomic mass is 16.5. The maximum absolute atomic E-state index is 11.3. The molecular weight excluding hydrogens is 290 g/mol. The molecule has 0 aromatic heterocycles. The number of hydrogen-bond acceptors (Lipinski definition) is 3. The molecule has 0 bridgehead atoms. The molecule has 0 saturated carbocycles. The van der Waals surface area contributed by atoms with Gasteiger partial charge in [-0.2, -0.15) is 0 Å². The van der Waals surface area contributed by atoms with Crippen molar-refractivity contribution < 1.29 is 14.6 Å². The van der Waals surface area contributed by atoms with Gasteiger partial charge in [0.25, 0.3) is 0 Å². The minimum atomic E-state index is -0.781. The van der Waals surface area contributed by atoms with Crippen molar-refractivity contribution in [2.24, 2.45) is 0 Å². The molecular formula is C19H21NO3. The molecule has 0 spiro atoms. The summed E-state index contributed by atoms with van der Waals surface area (Å²) in [5, 5.41) is 9.26. The summed E-state index contributed by atoms with van der Waals surface area (Å²) in [7, 11) is 4.01. The molecule has 0 fully saturated rings. The molecule has 1 aliphatic rings. The van der Waals surface area contributed by atoms with E-state index < -0.39 is 5.97 Å². The van der Waals surface area contributed by atoms with Crippen LogP contribution >= 0.6 is 0 Å². The number of benzene rings is 2. The molecule has 0 aliphatic heterocycles. The summed E-state index contributed by atoms with van der Waals surface area (Å²) in [4.78, 5) is 13.3. The Bertz CT molecular complexity index is 724. The SMILES string of the molecule is CN(C)CCOc1ccc2c(c1)C(CC(=O)O)c1ccccc1-2. The largest absolute Gasteiger partial charge is 0.492 e. The van der Waals surface area contributed by atoms with Crippen LogP contribution in [0, 0.1) is 0 Å². The Labute approximate surface area is 136 Å². The molecule has 0 radical (unpaired) electrons. The number of likely N-dealkylation sites (N-methyl/N-ethyl adjacent to an activating group) is 1. The van der Waals surface area contributed by atoms with Gasteiger partial charge in [-0.25, -0.2) is 0 Å². The fourth-order valence-electron chi connectivity index (χ4n) is 3.12. The molecule has 3 rings (SSSR count). The van der Waals surface area contributed by atoms with Crippen molar-refractivity contribution >= 4 is 5.97 Å². The molecule has 0 heterocycles. The molecule has 4 nitrogen and oxygen atoms in total. The number of nitrogens with zero attached hydrogens (tertiary/aromatic N) is 1. The fourth-order valence-corrected chi connectivity index (χ4v) is 3.12. The number of hydrogen-bond donors (Lipinski definition) is 1. The number of aliphatic carboxylic acids is 1. The monoisotopic (exact) mass is 311 g/mol. The Kier molecular flexibility index (Phi) is 4.35. The molecule has 1 N–H and O–H groups in total. The second-order valence-electron chi connectivity index (χ2n) is 6.14. The average molecular weight is 311 g/mol. The predicted octanol–water partition coefficient (Wildman–Crippen LogP) is 3.21. The first-order valence-corrected chi connectivity index (χ1v) is 7.79. The molecule has 0 saturated heterocycles. The zero-order chi connectivity index (χ0) is 16.4. The van der Waals surface area contributed by atoms with Gasteiger partial charge in [0, 0.05) is 12.5 Å². The van der Waals surface area contributed by atoms with Gasteiger partial charge in [-0.05, 0) is 48.5 Å². The van der Waals surface area contributed by atoms with Gasteiger partial charge in [-0.15, -0.1) is 0 Å². The van der Waals surface area contributed by atoms with E-state index in [-0.39, 0.29) is 12.3 Å². The van der Waals surface area contributed by atoms with Gasteiger partial charge in [0.05, 0.1) is 6.42 Å². The van der Waals surface area contributed by atoms with Crippen molar-refractivity contribution in [1.82, 2.24) is 4.90 Å². The lowest BCUT2D eigenvalue weighted by Crippen LogP contribution is -2.19. The lowest BCUT2D eigenvalue weighted by molar-refractivity contribution is -0.137. The minimum absolute atomic E-state index is 0.101. The van der Waals surface area contributed by atoms with Crippen molar-refractivity contribution in [2.75, 3.05) is 27.2 Å². The summed E-state index contributed by atoms with van der Waals surface area (Å²) in [5.74, 6) is -0.0820. The van der Waals surface area contributed by atoms with E-state index in [9.17, 15) is 9.90 Å². The molecule has 2 aromatic carbocycles. The van der Waals surface area contributed by atoms with E-state index in [1.54, 1.807) is 0 Å². The highest BCUT2D eigenvalue weighted by molar-refractivity contribution is 5.82. The number of carboxylic acid groups (broad SMARTS) is 1. The molecule has 1 atom stereocenters. The Hall–Kier alpha value is -2.33. The van der Waals surface area contributed by atoms with Crippen LogP contribution in [0.15, 0.2) is 42.5 Å². The van der Waals surface area contributed by atoms with Crippen LogP contribution in [0.25, 0.3) is 11.1 Å². The van der Waals surface area contributed by atoms with E-state index in [1.807, 2.05) is 50.5 Å². The van der Waals surface area contributed by atoms with Crippen LogP contribution in [0.1, 0.15) is 23.5 Å². The second kappa shape index (κ2) is 6.42. The van der Waals surface area contributed by atoms with Gasteiger partial charge in [-0.3, -0.25) is 4.79 Å². The molecule has 120 valence electrons. The summed E-state index contributed by atoms with van der Waals surface area (Å²) in [6.07, 6.45) is 0.102. The quantitative estimate of drug-likeness (QED) is 0.890. The third-order valence-corrected chi connectivity index (χ3v) is 4.21. The Morgan fingerprint density at radius 3 is 2.61 bits per heavy atom. The molecule has 0 amide bonds. The summed E-state index contributed by atoms with van der Waals surface area (Å²) in [6.45, 7) is 1.46. The summed E-state index contributed by atoms with van der Waals surface area (Å²) in [6, 6.07) is 14.0. The second-order valence-corrected chi connectivity index (χ2v) is 6.14. The van der Waals surface area contributed by atoms with Crippen LogP contribution in [0.2, 0.25) is 0 Å². The van der Waals surface area contributed by atoms with Gasteiger partial charge < -0.3 is 14.7 Å². The first-order chi connectivity index (χ1) is 11.1. The first kappa shape index (κ1) is 15.6.